The maximum atomic E-state index is 12.8. The lowest BCUT2D eigenvalue weighted by atomic mass is 9.88. The van der Waals surface area contributed by atoms with Gasteiger partial charge in [0.2, 0.25) is 10.0 Å². The van der Waals surface area contributed by atoms with Crippen LogP contribution in [0.4, 0.5) is 0 Å². The Labute approximate surface area is 192 Å². The smallest absolute Gasteiger partial charge is 0.251 e. The summed E-state index contributed by atoms with van der Waals surface area (Å²) in [5.41, 5.74) is -0.338. The molecule has 2 aliphatic rings. The number of hydrogen-bond acceptors (Lipinski definition) is 4. The van der Waals surface area contributed by atoms with E-state index in [1.807, 2.05) is 0 Å². The maximum Gasteiger partial charge on any atom is 0.251 e. The molecule has 0 radical (unpaired) electrons. The number of hydrogen-bond donors (Lipinski definition) is 2. The number of amides is 1. The third-order valence-electron chi connectivity index (χ3n) is 6.09. The van der Waals surface area contributed by atoms with Crippen LogP contribution in [0.3, 0.4) is 0 Å². The number of sulfonamides is 1. The van der Waals surface area contributed by atoms with E-state index in [-0.39, 0.29) is 21.9 Å². The minimum Gasteiger partial charge on any atom is -0.349 e. The second kappa shape index (κ2) is 10.2. The topological polar surface area (TPSA) is 78.5 Å². The highest BCUT2D eigenvalue weighted by molar-refractivity contribution is 7.89. The molecule has 0 spiro atoms. The van der Waals surface area contributed by atoms with E-state index < -0.39 is 15.6 Å². The maximum absolute atomic E-state index is 12.8. The number of piperidine rings is 1. The van der Waals surface area contributed by atoms with Crippen molar-refractivity contribution in [1.82, 2.24) is 14.9 Å². The molecule has 1 aliphatic heterocycles. The lowest BCUT2D eigenvalue weighted by Crippen LogP contribution is -2.46. The fraction of sp³-hybridized carbons (Fsp3) is 0.696. The zero-order valence-corrected chi connectivity index (χ0v) is 20.5. The van der Waals surface area contributed by atoms with Gasteiger partial charge in [-0.25, -0.2) is 13.1 Å². The molecular weight excluding hydrogens is 434 g/mol. The van der Waals surface area contributed by atoms with Crippen molar-refractivity contribution < 1.29 is 13.2 Å². The Kier molecular flexibility index (Phi) is 8.05. The number of halogens is 1. The summed E-state index contributed by atoms with van der Waals surface area (Å²) >= 11 is 6.15. The van der Waals surface area contributed by atoms with Crippen LogP contribution in [0.15, 0.2) is 23.1 Å². The van der Waals surface area contributed by atoms with Crippen LogP contribution in [0.5, 0.6) is 0 Å². The van der Waals surface area contributed by atoms with Gasteiger partial charge in [0.15, 0.2) is 0 Å². The minimum absolute atomic E-state index is 0.0703. The largest absolute Gasteiger partial charge is 0.349 e. The first-order valence-corrected chi connectivity index (χ1v) is 13.3. The molecule has 1 saturated heterocycles. The number of rotatable bonds is 6. The van der Waals surface area contributed by atoms with Gasteiger partial charge in [0.25, 0.3) is 5.91 Å². The number of likely N-dealkylation sites (tertiary alicyclic amines) is 1. The summed E-state index contributed by atoms with van der Waals surface area (Å²) in [6.07, 6.45) is 8.64. The number of carbonyl (C=O) groups excluding carboxylic acids is 1. The summed E-state index contributed by atoms with van der Waals surface area (Å²) in [6.45, 7) is 8.45. The molecule has 1 amide bonds. The number of benzene rings is 1. The summed E-state index contributed by atoms with van der Waals surface area (Å²) < 4.78 is 28.0. The van der Waals surface area contributed by atoms with Crippen molar-refractivity contribution in [1.29, 1.82) is 0 Å². The predicted octanol–water partition coefficient (Wildman–Crippen LogP) is 4.19. The first-order valence-electron chi connectivity index (χ1n) is 11.4. The number of nitrogens with one attached hydrogen (secondary N) is 2. The fourth-order valence-electron chi connectivity index (χ4n) is 4.57. The molecule has 8 heteroatoms. The van der Waals surface area contributed by atoms with Gasteiger partial charge in [-0.05, 0) is 70.6 Å². The molecule has 1 saturated carbocycles. The van der Waals surface area contributed by atoms with Gasteiger partial charge in [0.05, 0.1) is 5.02 Å². The monoisotopic (exact) mass is 469 g/mol. The van der Waals surface area contributed by atoms with Gasteiger partial charge in [-0.15, -0.1) is 0 Å². The molecule has 0 aromatic heterocycles. The lowest BCUT2D eigenvalue weighted by molar-refractivity contribution is 0.0901. The van der Waals surface area contributed by atoms with Gasteiger partial charge in [0, 0.05) is 36.8 Å². The number of nitrogens with zero attached hydrogens (tertiary/aromatic N) is 1. The molecule has 0 unspecified atom stereocenters. The Balaban J connectivity index is 1.57. The third kappa shape index (κ3) is 7.17. The molecule has 0 bridgehead atoms. The third-order valence-corrected chi connectivity index (χ3v) is 8.33. The summed E-state index contributed by atoms with van der Waals surface area (Å²) in [6, 6.07) is 4.52. The number of carbonyl (C=O) groups is 1. The molecule has 3 rings (SSSR count). The van der Waals surface area contributed by atoms with Gasteiger partial charge < -0.3 is 10.2 Å². The Bertz CT molecular complexity index is 869. The molecule has 2 N–H and O–H groups in total. The zero-order valence-electron chi connectivity index (χ0n) is 18.9. The van der Waals surface area contributed by atoms with Gasteiger partial charge in [-0.3, -0.25) is 4.79 Å². The predicted molar refractivity (Wildman–Crippen MR) is 125 cm³/mol. The van der Waals surface area contributed by atoms with Crippen molar-refractivity contribution in [3.05, 3.63) is 28.8 Å². The summed E-state index contributed by atoms with van der Waals surface area (Å²) in [5, 5.41) is 3.18. The summed E-state index contributed by atoms with van der Waals surface area (Å²) in [5.74, 6) is 0.575. The second-order valence-electron chi connectivity index (χ2n) is 10.1. The molecule has 31 heavy (non-hydrogen) atoms. The normalized spacial score (nSPS) is 20.0. The van der Waals surface area contributed by atoms with Crippen LogP contribution in [0.2, 0.25) is 5.02 Å². The van der Waals surface area contributed by atoms with E-state index in [4.69, 9.17) is 11.6 Å². The molecule has 1 aliphatic carbocycles. The van der Waals surface area contributed by atoms with E-state index in [0.717, 1.165) is 31.8 Å². The standard InChI is InChI=1S/C23H36ClN3O3S/c1-23(2,3)26-31(29,30)21-15-18(9-10-20(21)24)22(28)25-19-11-13-27(14-12-19)16-17-7-5-4-6-8-17/h9-10,15,17,19,26H,4-8,11-14,16H2,1-3H3,(H,25,28). The highest BCUT2D eigenvalue weighted by atomic mass is 35.5. The van der Waals surface area contributed by atoms with Crippen molar-refractivity contribution >= 4 is 27.5 Å². The summed E-state index contributed by atoms with van der Waals surface area (Å²) in [4.78, 5) is 15.3. The van der Waals surface area contributed by atoms with Gasteiger partial charge >= 0.3 is 0 Å². The Hall–Kier alpha value is -1.15. The van der Waals surface area contributed by atoms with E-state index in [9.17, 15) is 13.2 Å². The van der Waals surface area contributed by atoms with E-state index in [1.54, 1.807) is 26.8 Å². The van der Waals surface area contributed by atoms with Crippen LogP contribution in [-0.4, -0.2) is 50.4 Å². The van der Waals surface area contributed by atoms with E-state index >= 15 is 0 Å². The van der Waals surface area contributed by atoms with Gasteiger partial charge in [-0.1, -0.05) is 30.9 Å². The van der Waals surface area contributed by atoms with E-state index in [2.05, 4.69) is 14.9 Å². The van der Waals surface area contributed by atoms with Crippen LogP contribution >= 0.6 is 11.6 Å². The highest BCUT2D eigenvalue weighted by Crippen LogP contribution is 2.26. The fourth-order valence-corrected chi connectivity index (χ4v) is 6.52. The van der Waals surface area contributed by atoms with Crippen molar-refractivity contribution in [3.8, 4) is 0 Å². The average Bonchev–Trinajstić information content (AvgIpc) is 2.68. The van der Waals surface area contributed by atoms with E-state index in [1.165, 1.54) is 50.8 Å². The van der Waals surface area contributed by atoms with Gasteiger partial charge in [0.1, 0.15) is 4.90 Å². The highest BCUT2D eigenvalue weighted by Gasteiger charge is 2.27. The molecule has 1 aromatic carbocycles. The SMILES string of the molecule is CC(C)(C)NS(=O)(=O)c1cc(C(=O)NC2CCN(CC3CCCCC3)CC2)ccc1Cl. The molecule has 174 valence electrons. The molecule has 6 nitrogen and oxygen atoms in total. The van der Waals surface area contributed by atoms with Crippen molar-refractivity contribution in [3.63, 3.8) is 0 Å². The first kappa shape index (κ1) is 24.5. The quantitative estimate of drug-likeness (QED) is 0.654. The average molecular weight is 470 g/mol. The van der Waals surface area contributed by atoms with Crippen LogP contribution < -0.4 is 10.0 Å². The van der Waals surface area contributed by atoms with Crippen molar-refractivity contribution in [2.75, 3.05) is 19.6 Å². The molecule has 0 atom stereocenters. The Morgan fingerprint density at radius 3 is 2.35 bits per heavy atom. The van der Waals surface area contributed by atoms with Crippen LogP contribution in [0.1, 0.15) is 76.1 Å². The Morgan fingerprint density at radius 1 is 1.10 bits per heavy atom. The molecule has 2 fully saturated rings. The zero-order chi connectivity index (χ0) is 22.6. The molecule has 1 heterocycles. The van der Waals surface area contributed by atoms with Crippen molar-refractivity contribution in [2.24, 2.45) is 5.92 Å². The van der Waals surface area contributed by atoms with E-state index in [0.29, 0.717) is 5.56 Å². The first-order chi connectivity index (χ1) is 14.5. The van der Waals surface area contributed by atoms with Crippen molar-refractivity contribution in [2.45, 2.75) is 82.2 Å². The minimum atomic E-state index is -3.83. The lowest BCUT2D eigenvalue weighted by Gasteiger charge is -2.35. The van der Waals surface area contributed by atoms with Gasteiger partial charge in [-0.2, -0.15) is 0 Å². The van der Waals surface area contributed by atoms with Crippen LogP contribution in [0, 0.1) is 5.92 Å². The van der Waals surface area contributed by atoms with Crippen LogP contribution in [-0.2, 0) is 10.0 Å². The molecular formula is C23H36ClN3O3S. The second-order valence-corrected chi connectivity index (χ2v) is 12.1. The Morgan fingerprint density at radius 2 is 1.74 bits per heavy atom. The van der Waals surface area contributed by atoms with Crippen LogP contribution in [0.25, 0.3) is 0 Å². The summed E-state index contributed by atoms with van der Waals surface area (Å²) in [7, 11) is -3.83. The molecule has 1 aromatic rings.